The zero-order valence-electron chi connectivity index (χ0n) is 6.34. The molecule has 58 valence electrons. The summed E-state index contributed by atoms with van der Waals surface area (Å²) in [7, 11) is 0. The zero-order valence-corrected chi connectivity index (χ0v) is 6.34. The number of allylic oxidation sites excluding steroid dienone is 2. The summed E-state index contributed by atoms with van der Waals surface area (Å²) in [5.74, 6) is 0. The molecule has 1 aliphatic heterocycles. The molecule has 2 heteroatoms. The fourth-order valence-electron chi connectivity index (χ4n) is 1.67. The monoisotopic (exact) mass is 149 g/mol. The van der Waals surface area contributed by atoms with Crippen LogP contribution in [0.4, 0.5) is 0 Å². The van der Waals surface area contributed by atoms with E-state index in [4.69, 9.17) is 0 Å². The van der Waals surface area contributed by atoms with Crippen LogP contribution in [0.2, 0.25) is 0 Å². The molecule has 0 fully saturated rings. The van der Waals surface area contributed by atoms with Crippen molar-refractivity contribution in [2.45, 2.75) is 25.3 Å². The highest BCUT2D eigenvalue weighted by molar-refractivity contribution is 5.61. The SMILES string of the molecule is O=CC1CC2=C(C=CCC2)N1. The van der Waals surface area contributed by atoms with Gasteiger partial charge in [-0.25, -0.2) is 0 Å². The second-order valence-corrected chi connectivity index (χ2v) is 3.05. The normalized spacial score (nSPS) is 28.2. The molecule has 1 heterocycles. The van der Waals surface area contributed by atoms with E-state index in [2.05, 4.69) is 17.5 Å². The van der Waals surface area contributed by atoms with Gasteiger partial charge in [-0.1, -0.05) is 6.08 Å². The first-order chi connectivity index (χ1) is 5.40. The summed E-state index contributed by atoms with van der Waals surface area (Å²) in [4.78, 5) is 10.4. The molecule has 2 rings (SSSR count). The Balaban J connectivity index is 2.16. The lowest BCUT2D eigenvalue weighted by Gasteiger charge is -2.05. The van der Waals surface area contributed by atoms with E-state index in [1.165, 1.54) is 11.3 Å². The van der Waals surface area contributed by atoms with Gasteiger partial charge in [-0.05, 0) is 30.9 Å². The summed E-state index contributed by atoms with van der Waals surface area (Å²) >= 11 is 0. The maximum absolute atomic E-state index is 10.4. The van der Waals surface area contributed by atoms with Gasteiger partial charge in [0.2, 0.25) is 0 Å². The van der Waals surface area contributed by atoms with Crippen LogP contribution in [0.5, 0.6) is 0 Å². The van der Waals surface area contributed by atoms with Crippen molar-refractivity contribution in [3.63, 3.8) is 0 Å². The third-order valence-electron chi connectivity index (χ3n) is 2.25. The molecule has 2 aliphatic rings. The van der Waals surface area contributed by atoms with Crippen molar-refractivity contribution in [1.82, 2.24) is 5.32 Å². The molecule has 1 N–H and O–H groups in total. The lowest BCUT2D eigenvalue weighted by molar-refractivity contribution is -0.109. The molecule has 11 heavy (non-hydrogen) atoms. The quantitative estimate of drug-likeness (QED) is 0.567. The molecule has 0 aromatic heterocycles. The molecule has 0 amide bonds. The molecule has 0 saturated heterocycles. The van der Waals surface area contributed by atoms with Crippen LogP contribution in [0.1, 0.15) is 19.3 Å². The van der Waals surface area contributed by atoms with Crippen LogP contribution >= 0.6 is 0 Å². The summed E-state index contributed by atoms with van der Waals surface area (Å²) in [5, 5.41) is 3.17. The molecule has 0 saturated carbocycles. The molecule has 0 bridgehead atoms. The predicted octanol–water partition coefficient (Wildman–Crippen LogP) is 1.15. The van der Waals surface area contributed by atoms with E-state index in [0.29, 0.717) is 0 Å². The Hall–Kier alpha value is -1.05. The van der Waals surface area contributed by atoms with Crippen molar-refractivity contribution < 1.29 is 4.79 Å². The van der Waals surface area contributed by atoms with Crippen LogP contribution in [0.3, 0.4) is 0 Å². The minimum Gasteiger partial charge on any atom is -0.375 e. The van der Waals surface area contributed by atoms with Crippen molar-refractivity contribution in [3.8, 4) is 0 Å². The van der Waals surface area contributed by atoms with Gasteiger partial charge >= 0.3 is 0 Å². The van der Waals surface area contributed by atoms with Crippen LogP contribution < -0.4 is 5.32 Å². The van der Waals surface area contributed by atoms with Crippen molar-refractivity contribution in [2.75, 3.05) is 0 Å². The van der Waals surface area contributed by atoms with Crippen molar-refractivity contribution >= 4 is 6.29 Å². The fourth-order valence-corrected chi connectivity index (χ4v) is 1.67. The van der Waals surface area contributed by atoms with Gasteiger partial charge in [-0.15, -0.1) is 0 Å². The molecule has 1 aliphatic carbocycles. The minimum absolute atomic E-state index is 0.0442. The maximum Gasteiger partial charge on any atom is 0.142 e. The second-order valence-electron chi connectivity index (χ2n) is 3.05. The first kappa shape index (κ1) is 6.65. The van der Waals surface area contributed by atoms with Crippen LogP contribution in [0.15, 0.2) is 23.4 Å². The smallest absolute Gasteiger partial charge is 0.142 e. The Labute approximate surface area is 66.0 Å². The summed E-state index contributed by atoms with van der Waals surface area (Å²) in [5.41, 5.74) is 2.61. The van der Waals surface area contributed by atoms with E-state index in [1.54, 1.807) is 0 Å². The molecular weight excluding hydrogens is 138 g/mol. The number of aldehydes is 1. The van der Waals surface area contributed by atoms with Crippen molar-refractivity contribution in [3.05, 3.63) is 23.4 Å². The molecular formula is C9H11NO. The van der Waals surface area contributed by atoms with Crippen LogP contribution in [0.25, 0.3) is 0 Å². The topological polar surface area (TPSA) is 29.1 Å². The van der Waals surface area contributed by atoms with E-state index < -0.39 is 0 Å². The highest BCUT2D eigenvalue weighted by Crippen LogP contribution is 2.26. The van der Waals surface area contributed by atoms with Crippen LogP contribution in [0, 0.1) is 0 Å². The molecule has 0 aromatic carbocycles. The van der Waals surface area contributed by atoms with Gasteiger partial charge in [-0.3, -0.25) is 0 Å². The Bertz CT molecular complexity index is 240. The minimum atomic E-state index is 0.0442. The maximum atomic E-state index is 10.4. The van der Waals surface area contributed by atoms with Gasteiger partial charge < -0.3 is 10.1 Å². The first-order valence-corrected chi connectivity index (χ1v) is 4.00. The lowest BCUT2D eigenvalue weighted by atomic mass is 10.0. The average molecular weight is 149 g/mol. The largest absolute Gasteiger partial charge is 0.375 e. The number of carbonyl (C=O) groups is 1. The van der Waals surface area contributed by atoms with E-state index in [9.17, 15) is 4.79 Å². The molecule has 0 spiro atoms. The fraction of sp³-hybridized carbons (Fsp3) is 0.444. The Morgan fingerprint density at radius 2 is 2.55 bits per heavy atom. The van der Waals surface area contributed by atoms with Crippen molar-refractivity contribution in [2.24, 2.45) is 0 Å². The van der Waals surface area contributed by atoms with E-state index in [1.807, 2.05) is 0 Å². The number of carbonyl (C=O) groups excluding carboxylic acids is 1. The second kappa shape index (κ2) is 2.53. The molecule has 1 atom stereocenters. The number of hydrogen-bond donors (Lipinski definition) is 1. The van der Waals surface area contributed by atoms with Gasteiger partial charge in [0, 0.05) is 5.70 Å². The average Bonchev–Trinajstić information content (AvgIpc) is 2.46. The lowest BCUT2D eigenvalue weighted by Crippen LogP contribution is -2.22. The molecule has 2 nitrogen and oxygen atoms in total. The zero-order chi connectivity index (χ0) is 7.68. The summed E-state index contributed by atoms with van der Waals surface area (Å²) in [6.07, 6.45) is 8.41. The van der Waals surface area contributed by atoms with Crippen LogP contribution in [-0.4, -0.2) is 12.3 Å². The van der Waals surface area contributed by atoms with Crippen LogP contribution in [-0.2, 0) is 4.79 Å². The number of rotatable bonds is 1. The van der Waals surface area contributed by atoms with Gasteiger partial charge in [0.25, 0.3) is 0 Å². The highest BCUT2D eigenvalue weighted by Gasteiger charge is 2.21. The van der Waals surface area contributed by atoms with Crippen molar-refractivity contribution in [1.29, 1.82) is 0 Å². The number of hydrogen-bond acceptors (Lipinski definition) is 2. The standard InChI is InChI=1S/C9H11NO/c11-6-8-5-7-3-1-2-4-9(7)10-8/h2,4,6,8,10H,1,3,5H2. The van der Waals surface area contributed by atoms with E-state index >= 15 is 0 Å². The molecule has 1 unspecified atom stereocenters. The molecule has 0 aromatic rings. The van der Waals surface area contributed by atoms with Gasteiger partial charge in [0.1, 0.15) is 6.29 Å². The Morgan fingerprint density at radius 1 is 1.64 bits per heavy atom. The highest BCUT2D eigenvalue weighted by atomic mass is 16.1. The first-order valence-electron chi connectivity index (χ1n) is 4.00. The number of nitrogens with one attached hydrogen (secondary N) is 1. The van der Waals surface area contributed by atoms with E-state index in [0.717, 1.165) is 25.5 Å². The molecule has 0 radical (unpaired) electrons. The summed E-state index contributed by atoms with van der Waals surface area (Å²) < 4.78 is 0. The van der Waals surface area contributed by atoms with Gasteiger partial charge in [0.05, 0.1) is 6.04 Å². The van der Waals surface area contributed by atoms with E-state index in [-0.39, 0.29) is 6.04 Å². The van der Waals surface area contributed by atoms with Gasteiger partial charge in [0.15, 0.2) is 0 Å². The Kier molecular flexibility index (Phi) is 1.53. The summed E-state index contributed by atoms with van der Waals surface area (Å²) in [6, 6.07) is 0.0442. The predicted molar refractivity (Wildman–Crippen MR) is 43.0 cm³/mol. The Morgan fingerprint density at radius 3 is 3.27 bits per heavy atom. The summed E-state index contributed by atoms with van der Waals surface area (Å²) in [6.45, 7) is 0. The van der Waals surface area contributed by atoms with Gasteiger partial charge in [-0.2, -0.15) is 0 Å². The third-order valence-corrected chi connectivity index (χ3v) is 2.25. The third kappa shape index (κ3) is 1.09.